The molecule has 0 spiro atoms. The van der Waals surface area contributed by atoms with Gasteiger partial charge in [-0.05, 0) is 90.0 Å². The fourth-order valence-electron chi connectivity index (χ4n) is 4.19. The third-order valence-electron chi connectivity index (χ3n) is 6.07. The van der Waals surface area contributed by atoms with Gasteiger partial charge in [-0.1, -0.05) is 18.2 Å². The highest BCUT2D eigenvalue weighted by Crippen LogP contribution is 2.41. The maximum atomic E-state index is 12.8. The van der Waals surface area contributed by atoms with Crippen molar-refractivity contribution in [1.82, 2.24) is 9.47 Å². The second-order valence-electron chi connectivity index (χ2n) is 8.05. The normalized spacial score (nSPS) is 10.9. The largest absolute Gasteiger partial charge is 0.493 e. The number of methoxy groups -OCH3 is 2. The summed E-state index contributed by atoms with van der Waals surface area (Å²) in [5, 5.41) is 0.993. The van der Waals surface area contributed by atoms with Crippen molar-refractivity contribution in [1.29, 1.82) is 0 Å². The van der Waals surface area contributed by atoms with Gasteiger partial charge in [0.15, 0.2) is 11.5 Å². The highest BCUT2D eigenvalue weighted by molar-refractivity contribution is 14.1. The maximum absolute atomic E-state index is 12.8. The molecule has 0 aliphatic heterocycles. The Morgan fingerprint density at radius 1 is 0.886 bits per heavy atom. The number of hydrogen-bond donors (Lipinski definition) is 0. The summed E-state index contributed by atoms with van der Waals surface area (Å²) < 4.78 is 20.3. The minimum absolute atomic E-state index is 0.366. The number of rotatable bonds is 8. The molecule has 0 saturated carbocycles. The summed E-state index contributed by atoms with van der Waals surface area (Å²) in [6.45, 7) is 5.78. The molecule has 182 valence electrons. The van der Waals surface area contributed by atoms with Crippen LogP contribution in [0.2, 0.25) is 0 Å². The molecule has 1 aromatic heterocycles. The van der Waals surface area contributed by atoms with Crippen LogP contribution in [-0.4, -0.2) is 42.9 Å². The highest BCUT2D eigenvalue weighted by atomic mass is 127. The number of fused-ring (bicyclic) bond motifs is 1. The van der Waals surface area contributed by atoms with Crippen LogP contribution in [0, 0.1) is 3.57 Å². The van der Waals surface area contributed by atoms with E-state index >= 15 is 0 Å². The van der Waals surface area contributed by atoms with E-state index in [-0.39, 0.29) is 6.09 Å². The third-order valence-corrected chi connectivity index (χ3v) is 6.79. The Hall–Kier alpha value is -3.20. The molecule has 35 heavy (non-hydrogen) atoms. The molecule has 4 aromatic rings. The quantitative estimate of drug-likeness (QED) is 0.214. The summed E-state index contributed by atoms with van der Waals surface area (Å²) in [7, 11) is 3.22. The molecular formula is C28H29IN2O4. The van der Waals surface area contributed by atoms with Crippen LogP contribution in [0.15, 0.2) is 66.9 Å². The van der Waals surface area contributed by atoms with E-state index < -0.39 is 0 Å². The number of amides is 1. The molecule has 0 radical (unpaired) electrons. The number of halogens is 1. The van der Waals surface area contributed by atoms with E-state index in [0.29, 0.717) is 30.3 Å². The van der Waals surface area contributed by atoms with Crippen molar-refractivity contribution in [3.05, 3.63) is 76.0 Å². The summed E-state index contributed by atoms with van der Waals surface area (Å²) in [6, 6.07) is 20.2. The molecule has 7 heteroatoms. The molecule has 0 saturated heterocycles. The Kier molecular flexibility index (Phi) is 7.85. The molecule has 0 atom stereocenters. The molecule has 0 aliphatic rings. The predicted molar refractivity (Wildman–Crippen MR) is 148 cm³/mol. The van der Waals surface area contributed by atoms with Gasteiger partial charge in [0.1, 0.15) is 5.75 Å². The Morgan fingerprint density at radius 2 is 1.57 bits per heavy atom. The molecule has 1 amide bonds. The van der Waals surface area contributed by atoms with Gasteiger partial charge in [-0.2, -0.15) is 0 Å². The molecule has 0 N–H and O–H groups in total. The number of aromatic nitrogens is 1. The van der Waals surface area contributed by atoms with Crippen LogP contribution in [-0.2, 0) is 6.54 Å². The topological polar surface area (TPSA) is 52.9 Å². The van der Waals surface area contributed by atoms with Gasteiger partial charge in [0.2, 0.25) is 0 Å². The molecule has 1 heterocycles. The van der Waals surface area contributed by atoms with Crippen molar-refractivity contribution in [3.63, 3.8) is 0 Å². The standard InChI is InChI=1S/C28H29IN2O4/c1-5-30(6-2)28(32)35-25-14-12-23-22(15-16-31(23)18-19-7-10-21(29)11-8-19)27(25)20-9-13-24(33-3)26(17-20)34-4/h7-17H,5-6,18H2,1-4H3. The molecule has 4 rings (SSSR count). The number of carbonyl (C=O) groups excluding carboxylic acids is 1. The SMILES string of the molecule is CCN(CC)C(=O)Oc1ccc2c(ccn2Cc2ccc(I)cc2)c1-c1ccc(OC)c(OC)c1. The molecule has 6 nitrogen and oxygen atoms in total. The number of benzene rings is 3. The molecular weight excluding hydrogens is 555 g/mol. The van der Waals surface area contributed by atoms with Crippen molar-refractivity contribution in [2.45, 2.75) is 20.4 Å². The maximum Gasteiger partial charge on any atom is 0.415 e. The smallest absolute Gasteiger partial charge is 0.415 e. The van der Waals surface area contributed by atoms with Crippen LogP contribution in [0.3, 0.4) is 0 Å². The van der Waals surface area contributed by atoms with Crippen LogP contribution in [0.4, 0.5) is 4.79 Å². The lowest BCUT2D eigenvalue weighted by atomic mass is 10.00. The van der Waals surface area contributed by atoms with E-state index in [1.165, 1.54) is 9.13 Å². The van der Waals surface area contributed by atoms with Gasteiger partial charge in [-0.15, -0.1) is 0 Å². The lowest BCUT2D eigenvalue weighted by molar-refractivity contribution is 0.157. The second kappa shape index (κ2) is 11.0. The number of carbonyl (C=O) groups is 1. The molecule has 0 bridgehead atoms. The molecule has 0 unspecified atom stereocenters. The highest BCUT2D eigenvalue weighted by Gasteiger charge is 2.20. The fraction of sp³-hybridized carbons (Fsp3) is 0.250. The van der Waals surface area contributed by atoms with E-state index in [4.69, 9.17) is 14.2 Å². The zero-order valence-electron chi connectivity index (χ0n) is 20.4. The van der Waals surface area contributed by atoms with Gasteiger partial charge < -0.3 is 23.7 Å². The summed E-state index contributed by atoms with van der Waals surface area (Å²) in [5.41, 5.74) is 3.98. The Bertz CT molecular complexity index is 1330. The van der Waals surface area contributed by atoms with Crippen LogP contribution in [0.25, 0.3) is 22.0 Å². The van der Waals surface area contributed by atoms with Crippen LogP contribution < -0.4 is 14.2 Å². The Morgan fingerprint density at radius 3 is 2.23 bits per heavy atom. The van der Waals surface area contributed by atoms with Gasteiger partial charge in [0.25, 0.3) is 0 Å². The minimum atomic E-state index is -0.366. The summed E-state index contributed by atoms with van der Waals surface area (Å²) in [6.07, 6.45) is 1.71. The van der Waals surface area contributed by atoms with E-state index in [9.17, 15) is 4.79 Å². The van der Waals surface area contributed by atoms with Crippen molar-refractivity contribution < 1.29 is 19.0 Å². The van der Waals surface area contributed by atoms with Gasteiger partial charge >= 0.3 is 6.09 Å². The van der Waals surface area contributed by atoms with Gasteiger partial charge in [-0.25, -0.2) is 4.79 Å². The first-order valence-electron chi connectivity index (χ1n) is 11.5. The van der Waals surface area contributed by atoms with Gasteiger partial charge in [0, 0.05) is 45.9 Å². The first-order chi connectivity index (χ1) is 17.0. The van der Waals surface area contributed by atoms with Gasteiger partial charge in [-0.3, -0.25) is 0 Å². The van der Waals surface area contributed by atoms with Crippen LogP contribution >= 0.6 is 22.6 Å². The van der Waals surface area contributed by atoms with Crippen molar-refractivity contribution in [2.24, 2.45) is 0 Å². The number of nitrogens with zero attached hydrogens (tertiary/aromatic N) is 2. The average molecular weight is 584 g/mol. The van der Waals surface area contributed by atoms with E-state index in [1.54, 1.807) is 19.1 Å². The van der Waals surface area contributed by atoms with Crippen molar-refractivity contribution in [3.8, 4) is 28.4 Å². The molecule has 0 aliphatic carbocycles. The van der Waals surface area contributed by atoms with Crippen LogP contribution in [0.5, 0.6) is 17.2 Å². The average Bonchev–Trinajstić information content (AvgIpc) is 3.28. The molecule has 0 fully saturated rings. The first-order valence-corrected chi connectivity index (χ1v) is 12.6. The van der Waals surface area contributed by atoms with Crippen molar-refractivity contribution >= 4 is 39.6 Å². The van der Waals surface area contributed by atoms with E-state index in [0.717, 1.165) is 28.6 Å². The second-order valence-corrected chi connectivity index (χ2v) is 9.30. The van der Waals surface area contributed by atoms with Crippen LogP contribution in [0.1, 0.15) is 19.4 Å². The monoisotopic (exact) mass is 584 g/mol. The third kappa shape index (κ3) is 5.24. The van der Waals surface area contributed by atoms with E-state index in [1.807, 2.05) is 44.2 Å². The zero-order chi connectivity index (χ0) is 24.9. The lowest BCUT2D eigenvalue weighted by Gasteiger charge is -2.20. The Balaban J connectivity index is 1.84. The summed E-state index contributed by atoms with van der Waals surface area (Å²) >= 11 is 2.31. The van der Waals surface area contributed by atoms with Gasteiger partial charge in [0.05, 0.1) is 14.2 Å². The number of hydrogen-bond acceptors (Lipinski definition) is 4. The minimum Gasteiger partial charge on any atom is -0.493 e. The van der Waals surface area contributed by atoms with Crippen molar-refractivity contribution in [2.75, 3.05) is 27.3 Å². The summed E-state index contributed by atoms with van der Waals surface area (Å²) in [4.78, 5) is 14.5. The first kappa shape index (κ1) is 24.9. The zero-order valence-corrected chi connectivity index (χ0v) is 22.5. The predicted octanol–water partition coefficient (Wildman–Crippen LogP) is 6.82. The number of ether oxygens (including phenoxy) is 3. The molecule has 3 aromatic carbocycles. The lowest BCUT2D eigenvalue weighted by Crippen LogP contribution is -2.33. The fourth-order valence-corrected chi connectivity index (χ4v) is 4.55. The Labute approximate surface area is 219 Å². The summed E-state index contributed by atoms with van der Waals surface area (Å²) in [5.74, 6) is 1.76. The van der Waals surface area contributed by atoms with E-state index in [2.05, 4.69) is 63.7 Å².